The minimum atomic E-state index is 0.351. The average molecular weight is 248 g/mol. The van der Waals surface area contributed by atoms with Gasteiger partial charge in [0.05, 0.1) is 7.11 Å². The normalized spacial score (nSPS) is 23.8. The molecule has 3 heteroatoms. The van der Waals surface area contributed by atoms with E-state index in [9.17, 15) is 0 Å². The highest BCUT2D eigenvalue weighted by atomic mass is 16.5. The van der Waals surface area contributed by atoms with Crippen molar-refractivity contribution in [2.75, 3.05) is 12.4 Å². The van der Waals surface area contributed by atoms with Crippen molar-refractivity contribution in [2.45, 2.75) is 51.6 Å². The lowest BCUT2D eigenvalue weighted by Crippen LogP contribution is -2.35. The number of nitrogens with one attached hydrogen (secondary N) is 1. The fraction of sp³-hybridized carbons (Fsp3) is 0.600. The van der Waals surface area contributed by atoms with Gasteiger partial charge in [0.25, 0.3) is 0 Å². The Labute approximate surface area is 110 Å². The molecule has 1 saturated carbocycles. The molecule has 2 atom stereocenters. The first-order valence-electron chi connectivity index (χ1n) is 6.78. The molecule has 0 aliphatic heterocycles. The average Bonchev–Trinajstić information content (AvgIpc) is 2.34. The molecule has 2 unspecified atom stereocenters. The maximum Gasteiger partial charge on any atom is 0.126 e. The first-order chi connectivity index (χ1) is 8.61. The molecule has 0 saturated heterocycles. The second-order valence-electron chi connectivity index (χ2n) is 5.36. The van der Waals surface area contributed by atoms with Gasteiger partial charge in [0, 0.05) is 23.3 Å². The highest BCUT2D eigenvalue weighted by molar-refractivity contribution is 5.60. The quantitative estimate of drug-likeness (QED) is 0.864. The minimum Gasteiger partial charge on any atom is -0.496 e. The fourth-order valence-corrected chi connectivity index (χ4v) is 2.88. The number of rotatable bonds is 3. The second-order valence-corrected chi connectivity index (χ2v) is 5.36. The fourth-order valence-electron chi connectivity index (χ4n) is 2.88. The monoisotopic (exact) mass is 248 g/mol. The van der Waals surface area contributed by atoms with E-state index in [1.54, 1.807) is 7.11 Å². The summed E-state index contributed by atoms with van der Waals surface area (Å²) in [6.45, 7) is 4.18. The summed E-state index contributed by atoms with van der Waals surface area (Å²) in [7, 11) is 1.73. The third-order valence-electron chi connectivity index (χ3n) is 3.88. The van der Waals surface area contributed by atoms with Crippen LogP contribution in [0.4, 0.5) is 5.69 Å². The van der Waals surface area contributed by atoms with E-state index in [1.807, 2.05) is 0 Å². The van der Waals surface area contributed by atoms with Crippen LogP contribution in [0, 0.1) is 13.8 Å². The summed E-state index contributed by atoms with van der Waals surface area (Å²) < 4.78 is 5.46. The van der Waals surface area contributed by atoms with E-state index in [0.717, 1.165) is 18.6 Å². The lowest BCUT2D eigenvalue weighted by Gasteiger charge is -2.29. The summed E-state index contributed by atoms with van der Waals surface area (Å²) in [6, 6.07) is 5.10. The second kappa shape index (κ2) is 5.61. The minimum absolute atomic E-state index is 0.351. The first-order valence-corrected chi connectivity index (χ1v) is 6.78. The van der Waals surface area contributed by atoms with E-state index in [4.69, 9.17) is 10.5 Å². The van der Waals surface area contributed by atoms with Crippen molar-refractivity contribution in [3.63, 3.8) is 0 Å². The number of ether oxygens (including phenoxy) is 1. The number of benzene rings is 1. The molecular weight excluding hydrogens is 224 g/mol. The highest BCUT2D eigenvalue weighted by Crippen LogP contribution is 2.31. The number of nitrogens with two attached hydrogens (primary N) is 1. The Morgan fingerprint density at radius 1 is 1.28 bits per heavy atom. The summed E-state index contributed by atoms with van der Waals surface area (Å²) in [5, 5.41) is 3.62. The van der Waals surface area contributed by atoms with Gasteiger partial charge in [0.2, 0.25) is 0 Å². The van der Waals surface area contributed by atoms with Gasteiger partial charge < -0.3 is 15.8 Å². The molecule has 3 N–H and O–H groups in total. The van der Waals surface area contributed by atoms with Gasteiger partial charge in [0.1, 0.15) is 5.75 Å². The summed E-state index contributed by atoms with van der Waals surface area (Å²) in [5.41, 5.74) is 9.58. The Morgan fingerprint density at radius 2 is 2.06 bits per heavy atom. The molecule has 1 aromatic carbocycles. The SMILES string of the molecule is COc1c(C)ccc(NC2CCCC(N)C2)c1C. The Hall–Kier alpha value is -1.22. The van der Waals surface area contributed by atoms with Crippen molar-refractivity contribution in [3.8, 4) is 5.75 Å². The standard InChI is InChI=1S/C15H24N2O/c1-10-7-8-14(11(2)15(10)18-3)17-13-6-4-5-12(16)9-13/h7-8,12-13,17H,4-6,9,16H2,1-3H3. The molecule has 0 radical (unpaired) electrons. The molecule has 0 bridgehead atoms. The number of anilines is 1. The van der Waals surface area contributed by atoms with Crippen LogP contribution in [0.3, 0.4) is 0 Å². The third-order valence-corrected chi connectivity index (χ3v) is 3.88. The van der Waals surface area contributed by atoms with E-state index in [-0.39, 0.29) is 0 Å². The maximum absolute atomic E-state index is 6.03. The molecule has 1 fully saturated rings. The molecule has 100 valence electrons. The van der Waals surface area contributed by atoms with Crippen molar-refractivity contribution >= 4 is 5.69 Å². The largest absolute Gasteiger partial charge is 0.496 e. The van der Waals surface area contributed by atoms with Gasteiger partial charge in [0.15, 0.2) is 0 Å². The van der Waals surface area contributed by atoms with Gasteiger partial charge in [-0.2, -0.15) is 0 Å². The maximum atomic E-state index is 6.03. The zero-order valence-electron chi connectivity index (χ0n) is 11.6. The molecule has 2 rings (SSSR count). The van der Waals surface area contributed by atoms with Crippen LogP contribution in [0.1, 0.15) is 36.8 Å². The lowest BCUT2D eigenvalue weighted by molar-refractivity contribution is 0.404. The topological polar surface area (TPSA) is 47.3 Å². The Kier molecular flexibility index (Phi) is 4.12. The van der Waals surface area contributed by atoms with E-state index >= 15 is 0 Å². The van der Waals surface area contributed by atoms with Gasteiger partial charge in [-0.15, -0.1) is 0 Å². The van der Waals surface area contributed by atoms with Gasteiger partial charge in [-0.3, -0.25) is 0 Å². The van der Waals surface area contributed by atoms with E-state index in [1.165, 1.54) is 29.7 Å². The molecule has 0 aromatic heterocycles. The molecule has 18 heavy (non-hydrogen) atoms. The van der Waals surface area contributed by atoms with Crippen molar-refractivity contribution in [2.24, 2.45) is 5.73 Å². The molecule has 1 aromatic rings. The van der Waals surface area contributed by atoms with E-state index < -0.39 is 0 Å². The van der Waals surface area contributed by atoms with Crippen LogP contribution >= 0.6 is 0 Å². The van der Waals surface area contributed by atoms with Crippen LogP contribution < -0.4 is 15.8 Å². The van der Waals surface area contributed by atoms with Gasteiger partial charge >= 0.3 is 0 Å². The van der Waals surface area contributed by atoms with Crippen molar-refractivity contribution < 1.29 is 4.74 Å². The molecule has 0 spiro atoms. The molecule has 3 nitrogen and oxygen atoms in total. The van der Waals surface area contributed by atoms with Crippen LogP contribution in [-0.2, 0) is 0 Å². The summed E-state index contributed by atoms with van der Waals surface area (Å²) in [5.74, 6) is 0.986. The summed E-state index contributed by atoms with van der Waals surface area (Å²) >= 11 is 0. The van der Waals surface area contributed by atoms with Gasteiger partial charge in [-0.25, -0.2) is 0 Å². The van der Waals surface area contributed by atoms with Crippen LogP contribution in [0.5, 0.6) is 5.75 Å². The molecule has 1 aliphatic carbocycles. The summed E-state index contributed by atoms with van der Waals surface area (Å²) in [6.07, 6.45) is 4.66. The number of methoxy groups -OCH3 is 1. The lowest BCUT2D eigenvalue weighted by atomic mass is 9.91. The first kappa shape index (κ1) is 13.2. The van der Waals surface area contributed by atoms with Crippen LogP contribution in [0.2, 0.25) is 0 Å². The Bertz CT molecular complexity index is 417. The van der Waals surface area contributed by atoms with Crippen LogP contribution in [0.25, 0.3) is 0 Å². The van der Waals surface area contributed by atoms with Crippen molar-refractivity contribution in [3.05, 3.63) is 23.3 Å². The summed E-state index contributed by atoms with van der Waals surface area (Å²) in [4.78, 5) is 0. The molecule has 0 amide bonds. The predicted molar refractivity (Wildman–Crippen MR) is 76.3 cm³/mol. The third kappa shape index (κ3) is 2.78. The number of hydrogen-bond acceptors (Lipinski definition) is 3. The van der Waals surface area contributed by atoms with Crippen molar-refractivity contribution in [1.82, 2.24) is 0 Å². The van der Waals surface area contributed by atoms with Gasteiger partial charge in [-0.05, 0) is 51.2 Å². The number of hydrogen-bond donors (Lipinski definition) is 2. The predicted octanol–water partition coefficient (Wildman–Crippen LogP) is 2.99. The molecule has 0 heterocycles. The van der Waals surface area contributed by atoms with E-state index in [0.29, 0.717) is 12.1 Å². The Balaban J connectivity index is 2.14. The van der Waals surface area contributed by atoms with Crippen LogP contribution in [-0.4, -0.2) is 19.2 Å². The van der Waals surface area contributed by atoms with Gasteiger partial charge in [-0.1, -0.05) is 6.07 Å². The molecule has 1 aliphatic rings. The zero-order valence-corrected chi connectivity index (χ0v) is 11.6. The zero-order chi connectivity index (χ0) is 13.1. The van der Waals surface area contributed by atoms with Crippen molar-refractivity contribution in [1.29, 1.82) is 0 Å². The van der Waals surface area contributed by atoms with Crippen LogP contribution in [0.15, 0.2) is 12.1 Å². The number of aryl methyl sites for hydroxylation is 1. The smallest absolute Gasteiger partial charge is 0.126 e. The Morgan fingerprint density at radius 3 is 2.72 bits per heavy atom. The highest BCUT2D eigenvalue weighted by Gasteiger charge is 2.20. The molecular formula is C15H24N2O. The van der Waals surface area contributed by atoms with E-state index in [2.05, 4.69) is 31.3 Å².